The molecule has 1 aromatic rings. The van der Waals surface area contributed by atoms with Gasteiger partial charge in [-0.3, -0.25) is 4.79 Å². The number of nitrogens with one attached hydrogen (secondary N) is 1. The molecule has 6 heteroatoms. The van der Waals surface area contributed by atoms with Gasteiger partial charge < -0.3 is 20.5 Å². The number of carbonyl (C=O) groups excluding carboxylic acids is 2. The van der Waals surface area contributed by atoms with Crippen LogP contribution in [0.4, 0.5) is 5.69 Å². The molecule has 6 nitrogen and oxygen atoms in total. The van der Waals surface area contributed by atoms with Gasteiger partial charge in [0.2, 0.25) is 5.91 Å². The molecule has 0 aliphatic carbocycles. The Morgan fingerprint density at radius 3 is 2.56 bits per heavy atom. The van der Waals surface area contributed by atoms with Gasteiger partial charge in [-0.25, -0.2) is 4.79 Å². The minimum absolute atomic E-state index is 0.0452. The van der Waals surface area contributed by atoms with E-state index in [4.69, 9.17) is 15.2 Å². The van der Waals surface area contributed by atoms with E-state index < -0.39 is 5.97 Å². The summed E-state index contributed by atoms with van der Waals surface area (Å²) >= 11 is 0. The van der Waals surface area contributed by atoms with Gasteiger partial charge in [0.25, 0.3) is 0 Å². The minimum Gasteiger partial charge on any atom is -0.482 e. The second kappa shape index (κ2) is 7.16. The molecule has 18 heavy (non-hydrogen) atoms. The van der Waals surface area contributed by atoms with E-state index in [1.807, 2.05) is 0 Å². The van der Waals surface area contributed by atoms with Crippen LogP contribution in [0.1, 0.15) is 6.42 Å². The molecule has 0 atom stereocenters. The summed E-state index contributed by atoms with van der Waals surface area (Å²) in [6.07, 6.45) is 0.143. The number of hydrogen-bond donors (Lipinski definition) is 2. The van der Waals surface area contributed by atoms with Crippen molar-refractivity contribution in [2.24, 2.45) is 0 Å². The number of ether oxygens (including phenoxy) is 2. The van der Waals surface area contributed by atoms with E-state index in [9.17, 15) is 9.59 Å². The van der Waals surface area contributed by atoms with Gasteiger partial charge >= 0.3 is 5.97 Å². The van der Waals surface area contributed by atoms with Gasteiger partial charge in [-0.15, -0.1) is 0 Å². The van der Waals surface area contributed by atoms with Gasteiger partial charge in [-0.1, -0.05) is 0 Å². The van der Waals surface area contributed by atoms with Crippen LogP contribution in [-0.2, 0) is 14.3 Å². The molecule has 1 aromatic carbocycles. The number of rotatable bonds is 6. The predicted molar refractivity (Wildman–Crippen MR) is 66.0 cm³/mol. The molecule has 0 bridgehead atoms. The summed E-state index contributed by atoms with van der Waals surface area (Å²) < 4.78 is 9.99. The number of esters is 1. The summed E-state index contributed by atoms with van der Waals surface area (Å²) in [4.78, 5) is 22.1. The van der Waals surface area contributed by atoms with Gasteiger partial charge in [0.15, 0.2) is 6.61 Å². The van der Waals surface area contributed by atoms with Crippen molar-refractivity contribution in [2.45, 2.75) is 6.42 Å². The fourth-order valence-electron chi connectivity index (χ4n) is 1.13. The summed E-state index contributed by atoms with van der Waals surface area (Å²) in [6.45, 7) is -0.152. The maximum atomic E-state index is 11.2. The number of benzene rings is 1. The summed E-state index contributed by atoms with van der Waals surface area (Å²) in [5, 5.41) is 2.43. The Kier molecular flexibility index (Phi) is 5.50. The topological polar surface area (TPSA) is 90.6 Å². The molecule has 0 aromatic heterocycles. The molecular formula is C12H16N2O4. The molecule has 0 unspecified atom stereocenters. The largest absolute Gasteiger partial charge is 0.482 e. The van der Waals surface area contributed by atoms with Gasteiger partial charge in [0.1, 0.15) is 12.4 Å². The fraction of sp³-hybridized carbons (Fsp3) is 0.333. The highest BCUT2D eigenvalue weighted by Crippen LogP contribution is 2.12. The lowest BCUT2D eigenvalue weighted by Crippen LogP contribution is -2.22. The molecule has 0 saturated heterocycles. The van der Waals surface area contributed by atoms with Gasteiger partial charge in [0.05, 0.1) is 6.42 Å². The highest BCUT2D eigenvalue weighted by Gasteiger charge is 2.05. The quantitative estimate of drug-likeness (QED) is 0.562. The highest BCUT2D eigenvalue weighted by molar-refractivity contribution is 5.76. The van der Waals surface area contributed by atoms with Crippen LogP contribution in [0.25, 0.3) is 0 Å². The first-order valence-electron chi connectivity index (χ1n) is 5.46. The Labute approximate surface area is 105 Å². The van der Waals surface area contributed by atoms with Crippen molar-refractivity contribution in [1.82, 2.24) is 5.32 Å². The number of hydrogen-bond acceptors (Lipinski definition) is 5. The van der Waals surface area contributed by atoms with Crippen LogP contribution >= 0.6 is 0 Å². The maximum absolute atomic E-state index is 11.2. The lowest BCUT2D eigenvalue weighted by Gasteiger charge is -2.06. The van der Waals surface area contributed by atoms with Crippen molar-refractivity contribution < 1.29 is 19.1 Å². The van der Waals surface area contributed by atoms with Crippen LogP contribution in [0.5, 0.6) is 5.75 Å². The Balaban J connectivity index is 2.21. The van der Waals surface area contributed by atoms with Crippen LogP contribution < -0.4 is 15.8 Å². The van der Waals surface area contributed by atoms with Gasteiger partial charge in [-0.2, -0.15) is 0 Å². The van der Waals surface area contributed by atoms with Crippen LogP contribution in [-0.4, -0.2) is 32.1 Å². The Morgan fingerprint density at radius 2 is 1.94 bits per heavy atom. The molecule has 0 fully saturated rings. The van der Waals surface area contributed by atoms with Crippen LogP contribution in [0.3, 0.4) is 0 Å². The van der Waals surface area contributed by atoms with E-state index in [-0.39, 0.29) is 25.5 Å². The normalized spacial score (nSPS) is 9.61. The van der Waals surface area contributed by atoms with Gasteiger partial charge in [0, 0.05) is 12.7 Å². The van der Waals surface area contributed by atoms with Crippen molar-refractivity contribution in [3.8, 4) is 5.75 Å². The monoisotopic (exact) mass is 252 g/mol. The van der Waals surface area contributed by atoms with Crippen molar-refractivity contribution in [2.75, 3.05) is 26.0 Å². The molecule has 0 radical (unpaired) electrons. The molecule has 98 valence electrons. The van der Waals surface area contributed by atoms with E-state index in [0.29, 0.717) is 11.4 Å². The zero-order valence-electron chi connectivity index (χ0n) is 10.1. The third-order valence-corrected chi connectivity index (χ3v) is 2.11. The smallest absolute Gasteiger partial charge is 0.344 e. The van der Waals surface area contributed by atoms with Crippen LogP contribution in [0.2, 0.25) is 0 Å². The average molecular weight is 252 g/mol. The molecule has 1 rings (SSSR count). The van der Waals surface area contributed by atoms with E-state index >= 15 is 0 Å². The first kappa shape index (κ1) is 13.8. The summed E-state index contributed by atoms with van der Waals surface area (Å²) in [7, 11) is 1.52. The van der Waals surface area contributed by atoms with Crippen LogP contribution in [0, 0.1) is 0 Å². The molecule has 0 heterocycles. The third kappa shape index (κ3) is 5.20. The number of nitrogen functional groups attached to an aromatic ring is 1. The van der Waals surface area contributed by atoms with Gasteiger partial charge in [-0.05, 0) is 24.3 Å². The van der Waals surface area contributed by atoms with Crippen molar-refractivity contribution in [1.29, 1.82) is 0 Å². The maximum Gasteiger partial charge on any atom is 0.344 e. The standard InChI is InChI=1S/C12H16N2O4/c1-14-11(15)6-7-17-12(16)8-18-10-4-2-9(13)3-5-10/h2-5H,6-8,13H2,1H3,(H,14,15). The molecule has 0 aliphatic rings. The molecule has 0 spiro atoms. The molecule has 0 aliphatic heterocycles. The SMILES string of the molecule is CNC(=O)CCOC(=O)COc1ccc(N)cc1. The predicted octanol–water partition coefficient (Wildman–Crippen LogP) is 0.327. The second-order valence-electron chi connectivity index (χ2n) is 3.50. The Hall–Kier alpha value is -2.24. The minimum atomic E-state index is -0.518. The molecule has 1 amide bonds. The summed E-state index contributed by atoms with van der Waals surface area (Å²) in [6, 6.07) is 6.67. The van der Waals surface area contributed by atoms with E-state index in [0.717, 1.165) is 0 Å². The third-order valence-electron chi connectivity index (χ3n) is 2.11. The molecular weight excluding hydrogens is 236 g/mol. The van der Waals surface area contributed by atoms with E-state index in [2.05, 4.69) is 5.32 Å². The van der Waals surface area contributed by atoms with Crippen LogP contribution in [0.15, 0.2) is 24.3 Å². The summed E-state index contributed by atoms with van der Waals surface area (Å²) in [5.74, 6) is -0.162. The number of carbonyl (C=O) groups is 2. The number of nitrogens with two attached hydrogens (primary N) is 1. The van der Waals surface area contributed by atoms with Crippen molar-refractivity contribution in [3.05, 3.63) is 24.3 Å². The highest BCUT2D eigenvalue weighted by atomic mass is 16.6. The fourth-order valence-corrected chi connectivity index (χ4v) is 1.13. The number of anilines is 1. The zero-order valence-corrected chi connectivity index (χ0v) is 10.1. The molecule has 0 saturated carbocycles. The van der Waals surface area contributed by atoms with Crippen molar-refractivity contribution in [3.63, 3.8) is 0 Å². The lowest BCUT2D eigenvalue weighted by molar-refractivity contribution is -0.146. The van der Waals surface area contributed by atoms with E-state index in [1.54, 1.807) is 24.3 Å². The number of amides is 1. The second-order valence-corrected chi connectivity index (χ2v) is 3.50. The Bertz CT molecular complexity index is 403. The average Bonchev–Trinajstić information content (AvgIpc) is 2.38. The summed E-state index contributed by atoms with van der Waals surface area (Å²) in [5.41, 5.74) is 6.13. The van der Waals surface area contributed by atoms with Crippen molar-refractivity contribution >= 4 is 17.6 Å². The van der Waals surface area contributed by atoms with E-state index in [1.165, 1.54) is 7.05 Å². The first-order valence-corrected chi connectivity index (χ1v) is 5.46. The lowest BCUT2D eigenvalue weighted by atomic mass is 10.3. The zero-order chi connectivity index (χ0) is 13.4. The Morgan fingerprint density at radius 1 is 1.28 bits per heavy atom. The first-order chi connectivity index (χ1) is 8.61. The molecule has 3 N–H and O–H groups in total.